The minimum Gasteiger partial charge on any atom is -0.481 e. The highest BCUT2D eigenvalue weighted by atomic mass is 16.4. The van der Waals surface area contributed by atoms with Crippen molar-refractivity contribution in [2.75, 3.05) is 19.6 Å². The van der Waals surface area contributed by atoms with Crippen molar-refractivity contribution in [1.29, 1.82) is 5.26 Å². The van der Waals surface area contributed by atoms with Gasteiger partial charge in [0.1, 0.15) is 11.6 Å². The van der Waals surface area contributed by atoms with E-state index in [1.165, 1.54) is 0 Å². The first-order valence-corrected chi connectivity index (χ1v) is 6.78. The molecule has 2 N–H and O–H groups in total. The Labute approximate surface area is 119 Å². The van der Waals surface area contributed by atoms with E-state index in [1.54, 1.807) is 6.20 Å². The van der Waals surface area contributed by atoms with Crippen LogP contribution in [0, 0.1) is 23.2 Å². The summed E-state index contributed by atoms with van der Waals surface area (Å²) in [5.41, 5.74) is 0.0247. The zero-order chi connectivity index (χ0) is 15.1. The number of nitrogens with one attached hydrogen (secondary N) is 1. The molecule has 6 heteroatoms. The Morgan fingerprint density at radius 2 is 2.00 bits per heavy atom. The van der Waals surface area contributed by atoms with Gasteiger partial charge in [0.15, 0.2) is 0 Å². The number of carbonyl (C=O) groups excluding carboxylic acids is 1. The zero-order valence-corrected chi connectivity index (χ0v) is 11.9. The molecule has 0 saturated carbocycles. The SMILES string of the molecule is CC1CC(C)CN(/C=C(/C#N)C(=O)NCCC(=O)O)C1. The van der Waals surface area contributed by atoms with Gasteiger partial charge in [-0.3, -0.25) is 9.59 Å². The minimum atomic E-state index is -0.980. The van der Waals surface area contributed by atoms with Crippen molar-refractivity contribution in [3.8, 4) is 6.07 Å². The number of nitriles is 1. The van der Waals surface area contributed by atoms with Crippen LogP contribution in [-0.4, -0.2) is 41.5 Å². The first-order chi connectivity index (χ1) is 9.42. The third-order valence-corrected chi connectivity index (χ3v) is 3.20. The Morgan fingerprint density at radius 1 is 1.40 bits per heavy atom. The fourth-order valence-corrected chi connectivity index (χ4v) is 2.52. The number of aliphatic carboxylic acids is 1. The highest BCUT2D eigenvalue weighted by Gasteiger charge is 2.21. The molecule has 1 saturated heterocycles. The van der Waals surface area contributed by atoms with Crippen molar-refractivity contribution in [2.24, 2.45) is 11.8 Å². The molecule has 1 aliphatic heterocycles. The van der Waals surface area contributed by atoms with Crippen LogP contribution in [-0.2, 0) is 9.59 Å². The second-order valence-electron chi connectivity index (χ2n) is 5.45. The fourth-order valence-electron chi connectivity index (χ4n) is 2.52. The number of rotatable bonds is 5. The number of hydrogen-bond donors (Lipinski definition) is 2. The van der Waals surface area contributed by atoms with Gasteiger partial charge >= 0.3 is 5.97 Å². The van der Waals surface area contributed by atoms with Crippen LogP contribution >= 0.6 is 0 Å². The summed E-state index contributed by atoms with van der Waals surface area (Å²) in [5.74, 6) is -0.430. The summed E-state index contributed by atoms with van der Waals surface area (Å²) in [6.07, 6.45) is 2.58. The van der Waals surface area contributed by atoms with Gasteiger partial charge < -0.3 is 15.3 Å². The second kappa shape index (κ2) is 7.53. The molecule has 1 amide bonds. The normalized spacial score (nSPS) is 23.1. The van der Waals surface area contributed by atoms with Gasteiger partial charge in [-0.05, 0) is 18.3 Å². The molecule has 1 aliphatic rings. The average Bonchev–Trinajstić information content (AvgIpc) is 2.34. The summed E-state index contributed by atoms with van der Waals surface area (Å²) in [6, 6.07) is 1.88. The molecule has 110 valence electrons. The number of carbonyl (C=O) groups is 2. The van der Waals surface area contributed by atoms with Gasteiger partial charge in [0, 0.05) is 25.8 Å². The minimum absolute atomic E-state index is 0.0247. The van der Waals surface area contributed by atoms with Crippen molar-refractivity contribution in [2.45, 2.75) is 26.7 Å². The predicted octanol–water partition coefficient (Wildman–Crippen LogP) is 0.963. The van der Waals surface area contributed by atoms with Crippen LogP contribution in [0.25, 0.3) is 0 Å². The molecule has 1 rings (SSSR count). The molecule has 1 fully saturated rings. The van der Waals surface area contributed by atoms with Crippen LogP contribution in [0.5, 0.6) is 0 Å². The van der Waals surface area contributed by atoms with E-state index in [0.717, 1.165) is 19.5 Å². The van der Waals surface area contributed by atoms with Crippen LogP contribution in [0.3, 0.4) is 0 Å². The molecular weight excluding hydrogens is 258 g/mol. The molecule has 0 aliphatic carbocycles. The third kappa shape index (κ3) is 5.31. The molecule has 0 radical (unpaired) electrons. The first-order valence-electron chi connectivity index (χ1n) is 6.78. The van der Waals surface area contributed by atoms with Gasteiger partial charge in [-0.25, -0.2) is 0 Å². The van der Waals surface area contributed by atoms with E-state index in [4.69, 9.17) is 10.4 Å². The standard InChI is InChI=1S/C14H21N3O3/c1-10-5-11(2)8-17(7-10)9-12(6-15)14(20)16-4-3-13(18)19/h9-11H,3-5,7-8H2,1-2H3,(H,16,20)(H,18,19)/b12-9-. The molecule has 0 aromatic heterocycles. The van der Waals surface area contributed by atoms with Gasteiger partial charge in [-0.2, -0.15) is 5.26 Å². The molecule has 0 spiro atoms. The Balaban J connectivity index is 2.60. The van der Waals surface area contributed by atoms with Crippen molar-refractivity contribution < 1.29 is 14.7 Å². The van der Waals surface area contributed by atoms with E-state index in [9.17, 15) is 9.59 Å². The van der Waals surface area contributed by atoms with Gasteiger partial charge in [0.25, 0.3) is 5.91 Å². The lowest BCUT2D eigenvalue weighted by atomic mass is 9.92. The lowest BCUT2D eigenvalue weighted by Gasteiger charge is -2.34. The lowest BCUT2D eigenvalue weighted by Crippen LogP contribution is -2.36. The maximum absolute atomic E-state index is 11.8. The second-order valence-corrected chi connectivity index (χ2v) is 5.45. The van der Waals surface area contributed by atoms with Crippen LogP contribution in [0.2, 0.25) is 0 Å². The van der Waals surface area contributed by atoms with Crippen molar-refractivity contribution in [3.63, 3.8) is 0 Å². The lowest BCUT2D eigenvalue weighted by molar-refractivity contribution is -0.136. The van der Waals surface area contributed by atoms with Crippen molar-refractivity contribution >= 4 is 11.9 Å². The summed E-state index contributed by atoms with van der Waals surface area (Å²) in [6.45, 7) is 5.99. The molecule has 0 aromatic rings. The Hall–Kier alpha value is -2.03. The highest BCUT2D eigenvalue weighted by molar-refractivity contribution is 5.97. The molecule has 2 atom stereocenters. The number of nitrogens with zero attached hydrogens (tertiary/aromatic N) is 2. The summed E-state index contributed by atoms with van der Waals surface area (Å²) in [5, 5.41) is 20.0. The van der Waals surface area contributed by atoms with Crippen LogP contribution in [0.15, 0.2) is 11.8 Å². The summed E-state index contributed by atoms with van der Waals surface area (Å²) >= 11 is 0. The van der Waals surface area contributed by atoms with Gasteiger partial charge in [0.2, 0.25) is 0 Å². The molecule has 20 heavy (non-hydrogen) atoms. The smallest absolute Gasteiger partial charge is 0.305 e. The molecular formula is C14H21N3O3. The highest BCUT2D eigenvalue weighted by Crippen LogP contribution is 2.21. The van der Waals surface area contributed by atoms with E-state index in [-0.39, 0.29) is 18.5 Å². The number of likely N-dealkylation sites (tertiary alicyclic amines) is 1. The number of amides is 1. The first kappa shape index (κ1) is 16.0. The van der Waals surface area contributed by atoms with Crippen LogP contribution < -0.4 is 5.32 Å². The molecule has 1 heterocycles. The van der Waals surface area contributed by atoms with Crippen molar-refractivity contribution in [1.82, 2.24) is 10.2 Å². The Bertz CT molecular complexity index is 429. The molecule has 0 bridgehead atoms. The largest absolute Gasteiger partial charge is 0.481 e. The van der Waals surface area contributed by atoms with E-state index in [0.29, 0.717) is 11.8 Å². The number of hydrogen-bond acceptors (Lipinski definition) is 4. The van der Waals surface area contributed by atoms with Gasteiger partial charge in [-0.1, -0.05) is 13.8 Å². The average molecular weight is 279 g/mol. The zero-order valence-electron chi connectivity index (χ0n) is 11.9. The topological polar surface area (TPSA) is 93.4 Å². The number of piperidine rings is 1. The fraction of sp³-hybridized carbons (Fsp3) is 0.643. The number of carboxylic acids is 1. The third-order valence-electron chi connectivity index (χ3n) is 3.20. The van der Waals surface area contributed by atoms with Gasteiger partial charge in [0.05, 0.1) is 6.42 Å². The van der Waals surface area contributed by atoms with E-state index >= 15 is 0 Å². The monoisotopic (exact) mass is 279 g/mol. The van der Waals surface area contributed by atoms with Crippen LogP contribution in [0.4, 0.5) is 0 Å². The van der Waals surface area contributed by atoms with Crippen LogP contribution in [0.1, 0.15) is 26.7 Å². The molecule has 0 aromatic carbocycles. The molecule has 2 unspecified atom stereocenters. The summed E-state index contributed by atoms with van der Waals surface area (Å²) in [4.78, 5) is 24.1. The predicted molar refractivity (Wildman–Crippen MR) is 73.5 cm³/mol. The maximum atomic E-state index is 11.8. The van der Waals surface area contributed by atoms with E-state index in [1.807, 2.05) is 11.0 Å². The van der Waals surface area contributed by atoms with Gasteiger partial charge in [-0.15, -0.1) is 0 Å². The summed E-state index contributed by atoms with van der Waals surface area (Å²) in [7, 11) is 0. The van der Waals surface area contributed by atoms with E-state index in [2.05, 4.69) is 19.2 Å². The Kier molecular flexibility index (Phi) is 6.04. The maximum Gasteiger partial charge on any atom is 0.305 e. The van der Waals surface area contributed by atoms with Crippen molar-refractivity contribution in [3.05, 3.63) is 11.8 Å². The molecule has 6 nitrogen and oxygen atoms in total. The number of carboxylic acid groups (broad SMARTS) is 1. The van der Waals surface area contributed by atoms with E-state index < -0.39 is 11.9 Å². The summed E-state index contributed by atoms with van der Waals surface area (Å²) < 4.78 is 0. The quantitative estimate of drug-likeness (QED) is 0.577. The Morgan fingerprint density at radius 3 is 2.50 bits per heavy atom.